The molecule has 3 aliphatic rings. The van der Waals surface area contributed by atoms with Crippen LogP contribution in [0.25, 0.3) is 22.4 Å². The number of likely N-dealkylation sites (tertiary alicyclic amines) is 2. The van der Waals surface area contributed by atoms with E-state index in [1.165, 1.54) is 12.8 Å². The second-order valence-corrected chi connectivity index (χ2v) is 9.88. The van der Waals surface area contributed by atoms with E-state index in [-0.39, 0.29) is 12.8 Å². The van der Waals surface area contributed by atoms with Crippen LogP contribution >= 0.6 is 0 Å². The number of benzene rings is 2. The van der Waals surface area contributed by atoms with Gasteiger partial charge in [-0.15, -0.1) is 0 Å². The molecule has 2 saturated heterocycles. The highest BCUT2D eigenvalue weighted by atomic mass is 19.4. The van der Waals surface area contributed by atoms with Gasteiger partial charge in [0.25, 0.3) is 0 Å². The number of piperidine rings is 2. The summed E-state index contributed by atoms with van der Waals surface area (Å²) in [6.45, 7) is 4.40. The molecule has 0 atom stereocenters. The standard InChI is InChI=1S/C26H29F3N4O2/c1-31-10-6-19(7-11-31)32-12-8-20(9-13-32)33-22-4-3-18(26(27,28)29)15-21(22)30-25(33)17-2-5-23-24(14-17)35-16-34-23/h2-5,14-15,19-20H,6-13,16H2,1H3. The lowest BCUT2D eigenvalue weighted by Crippen LogP contribution is -2.47. The zero-order valence-corrected chi connectivity index (χ0v) is 19.7. The fraction of sp³-hybridized carbons (Fsp3) is 0.500. The van der Waals surface area contributed by atoms with Crippen molar-refractivity contribution in [3.05, 3.63) is 42.0 Å². The van der Waals surface area contributed by atoms with Gasteiger partial charge in [0.1, 0.15) is 5.82 Å². The molecule has 0 amide bonds. The summed E-state index contributed by atoms with van der Waals surface area (Å²) in [5.41, 5.74) is 1.24. The van der Waals surface area contributed by atoms with Gasteiger partial charge in [0.15, 0.2) is 11.5 Å². The number of ether oxygens (including phenoxy) is 2. The maximum Gasteiger partial charge on any atom is 0.416 e. The highest BCUT2D eigenvalue weighted by Gasteiger charge is 2.33. The van der Waals surface area contributed by atoms with Gasteiger partial charge in [0.2, 0.25) is 6.79 Å². The molecule has 3 aliphatic heterocycles. The summed E-state index contributed by atoms with van der Waals surface area (Å²) in [5.74, 6) is 1.98. The predicted molar refractivity (Wildman–Crippen MR) is 127 cm³/mol. The first kappa shape index (κ1) is 22.7. The molecular weight excluding hydrogens is 457 g/mol. The smallest absolute Gasteiger partial charge is 0.416 e. The molecule has 0 unspecified atom stereocenters. The average molecular weight is 487 g/mol. The first-order valence-electron chi connectivity index (χ1n) is 12.3. The van der Waals surface area contributed by atoms with Crippen LogP contribution in [0, 0.1) is 0 Å². The molecule has 0 bridgehead atoms. The van der Waals surface area contributed by atoms with Crippen molar-refractivity contribution < 1.29 is 22.6 Å². The van der Waals surface area contributed by atoms with E-state index in [4.69, 9.17) is 14.5 Å². The molecular formula is C26H29F3N4O2. The van der Waals surface area contributed by atoms with Crippen LogP contribution in [-0.4, -0.2) is 65.4 Å². The maximum absolute atomic E-state index is 13.4. The summed E-state index contributed by atoms with van der Waals surface area (Å²) in [7, 11) is 2.18. The number of imidazole rings is 1. The van der Waals surface area contributed by atoms with Crippen LogP contribution in [0.1, 0.15) is 37.3 Å². The fourth-order valence-electron chi connectivity index (χ4n) is 5.75. The molecule has 1 aromatic heterocycles. The quantitative estimate of drug-likeness (QED) is 0.510. The Bertz CT molecular complexity index is 1230. The van der Waals surface area contributed by atoms with E-state index >= 15 is 0 Å². The average Bonchev–Trinajstić information content (AvgIpc) is 3.48. The molecule has 4 heterocycles. The lowest BCUT2D eigenvalue weighted by molar-refractivity contribution is -0.137. The van der Waals surface area contributed by atoms with Crippen molar-refractivity contribution in [1.82, 2.24) is 19.4 Å². The number of hydrogen-bond donors (Lipinski definition) is 0. The summed E-state index contributed by atoms with van der Waals surface area (Å²) < 4.78 is 53.4. The van der Waals surface area contributed by atoms with Crippen molar-refractivity contribution >= 4 is 11.0 Å². The van der Waals surface area contributed by atoms with Crippen molar-refractivity contribution in [3.63, 3.8) is 0 Å². The van der Waals surface area contributed by atoms with Gasteiger partial charge >= 0.3 is 6.18 Å². The topological polar surface area (TPSA) is 42.8 Å². The van der Waals surface area contributed by atoms with E-state index in [0.717, 1.165) is 62.2 Å². The SMILES string of the molecule is CN1CCC(N2CCC(n3c(-c4ccc5c(c4)OCO5)nc4cc(C(F)(F)F)ccc43)CC2)CC1. The van der Waals surface area contributed by atoms with E-state index in [1.807, 2.05) is 18.2 Å². The first-order chi connectivity index (χ1) is 16.9. The van der Waals surface area contributed by atoms with Crippen molar-refractivity contribution in [2.24, 2.45) is 0 Å². The lowest BCUT2D eigenvalue weighted by Gasteiger charge is -2.41. The molecule has 3 aromatic rings. The molecule has 9 heteroatoms. The molecule has 0 N–H and O–H groups in total. The number of rotatable bonds is 3. The Morgan fingerprint density at radius 1 is 0.857 bits per heavy atom. The second kappa shape index (κ2) is 8.71. The maximum atomic E-state index is 13.4. The summed E-state index contributed by atoms with van der Waals surface area (Å²) in [6.07, 6.45) is -0.140. The summed E-state index contributed by atoms with van der Waals surface area (Å²) in [4.78, 5) is 9.71. The largest absolute Gasteiger partial charge is 0.454 e. The van der Waals surface area contributed by atoms with E-state index in [2.05, 4.69) is 21.4 Å². The van der Waals surface area contributed by atoms with Crippen molar-refractivity contribution in [3.8, 4) is 22.9 Å². The number of aromatic nitrogens is 2. The highest BCUT2D eigenvalue weighted by Crippen LogP contribution is 2.40. The fourth-order valence-corrected chi connectivity index (χ4v) is 5.75. The van der Waals surface area contributed by atoms with Crippen molar-refractivity contribution in [2.75, 3.05) is 40.0 Å². The molecule has 2 aromatic carbocycles. The Balaban J connectivity index is 1.35. The van der Waals surface area contributed by atoms with Crippen LogP contribution in [0.5, 0.6) is 11.5 Å². The monoisotopic (exact) mass is 486 g/mol. The van der Waals surface area contributed by atoms with Gasteiger partial charge in [-0.3, -0.25) is 0 Å². The molecule has 0 radical (unpaired) electrons. The third-order valence-electron chi connectivity index (χ3n) is 7.72. The molecule has 35 heavy (non-hydrogen) atoms. The minimum Gasteiger partial charge on any atom is -0.454 e. The molecule has 6 rings (SSSR count). The summed E-state index contributed by atoms with van der Waals surface area (Å²) in [6, 6.07) is 10.3. The van der Waals surface area contributed by atoms with Gasteiger partial charge < -0.3 is 23.8 Å². The van der Waals surface area contributed by atoms with Crippen molar-refractivity contribution in [2.45, 2.75) is 43.9 Å². The number of hydrogen-bond acceptors (Lipinski definition) is 5. The summed E-state index contributed by atoms with van der Waals surface area (Å²) in [5, 5.41) is 0. The van der Waals surface area contributed by atoms with Gasteiger partial charge in [-0.05, 0) is 82.2 Å². The van der Waals surface area contributed by atoms with Gasteiger partial charge in [-0.2, -0.15) is 13.2 Å². The lowest BCUT2D eigenvalue weighted by atomic mass is 9.97. The van der Waals surface area contributed by atoms with Crippen molar-refractivity contribution in [1.29, 1.82) is 0 Å². The Morgan fingerprint density at radius 3 is 2.31 bits per heavy atom. The molecule has 2 fully saturated rings. The molecule has 6 nitrogen and oxygen atoms in total. The Morgan fingerprint density at radius 2 is 1.57 bits per heavy atom. The Labute approximate surface area is 202 Å². The highest BCUT2D eigenvalue weighted by molar-refractivity contribution is 5.82. The van der Waals surface area contributed by atoms with Crippen LogP contribution in [0.2, 0.25) is 0 Å². The number of alkyl halides is 3. The van der Waals surface area contributed by atoms with Gasteiger partial charge in [-0.25, -0.2) is 4.98 Å². The summed E-state index contributed by atoms with van der Waals surface area (Å²) >= 11 is 0. The third-order valence-corrected chi connectivity index (χ3v) is 7.72. The number of halogens is 3. The van der Waals surface area contributed by atoms with E-state index in [9.17, 15) is 13.2 Å². The van der Waals surface area contributed by atoms with E-state index in [1.54, 1.807) is 6.07 Å². The molecule has 0 aliphatic carbocycles. The van der Waals surface area contributed by atoms with E-state index < -0.39 is 11.7 Å². The number of fused-ring (bicyclic) bond motifs is 2. The molecule has 186 valence electrons. The van der Waals surface area contributed by atoms with Gasteiger partial charge in [0.05, 0.1) is 16.6 Å². The van der Waals surface area contributed by atoms with Crippen LogP contribution in [0.3, 0.4) is 0 Å². The molecule has 0 saturated carbocycles. The van der Waals surface area contributed by atoms with Crippen LogP contribution in [-0.2, 0) is 6.18 Å². The van der Waals surface area contributed by atoms with Crippen LogP contribution < -0.4 is 9.47 Å². The predicted octanol–water partition coefficient (Wildman–Crippen LogP) is 5.18. The van der Waals surface area contributed by atoms with Gasteiger partial charge in [0, 0.05) is 30.7 Å². The Kier molecular flexibility index (Phi) is 5.64. The normalized spacial score (nSPS) is 20.7. The van der Waals surface area contributed by atoms with E-state index in [0.29, 0.717) is 28.9 Å². The third kappa shape index (κ3) is 4.25. The zero-order chi connectivity index (χ0) is 24.2. The number of nitrogens with zero attached hydrogens (tertiary/aromatic N) is 4. The Hall–Kier alpha value is -2.78. The first-order valence-corrected chi connectivity index (χ1v) is 12.3. The van der Waals surface area contributed by atoms with Crippen LogP contribution in [0.15, 0.2) is 36.4 Å². The minimum atomic E-state index is -4.41. The second-order valence-electron chi connectivity index (χ2n) is 9.88. The van der Waals surface area contributed by atoms with Crippen LogP contribution in [0.4, 0.5) is 13.2 Å². The zero-order valence-electron chi connectivity index (χ0n) is 19.7. The molecule has 0 spiro atoms. The minimum absolute atomic E-state index is 0.166. The van der Waals surface area contributed by atoms with Gasteiger partial charge in [-0.1, -0.05) is 0 Å².